The Morgan fingerprint density at radius 1 is 1.24 bits per heavy atom. The second kappa shape index (κ2) is 4.72. The first-order valence-electron chi connectivity index (χ1n) is 5.88. The van der Waals surface area contributed by atoms with E-state index in [0.29, 0.717) is 11.6 Å². The van der Waals surface area contributed by atoms with Crippen LogP contribution in [0, 0.1) is 6.92 Å². The monoisotopic (exact) mass is 230 g/mol. The number of hydrogen-bond acceptors (Lipinski definition) is 2. The molecule has 0 aliphatic heterocycles. The van der Waals surface area contributed by atoms with Crippen molar-refractivity contribution in [3.8, 4) is 11.4 Å². The smallest absolute Gasteiger partial charge is 0.137 e. The van der Waals surface area contributed by atoms with E-state index in [1.54, 1.807) is 0 Å². The molecule has 0 unspecified atom stereocenters. The van der Waals surface area contributed by atoms with Gasteiger partial charge >= 0.3 is 0 Å². The number of aromatic amines is 1. The molecule has 2 rings (SSSR count). The van der Waals surface area contributed by atoms with Crippen molar-refractivity contribution in [2.24, 2.45) is 0 Å². The van der Waals surface area contributed by atoms with Crippen LogP contribution in [0.4, 0.5) is 0 Å². The van der Waals surface area contributed by atoms with Crippen molar-refractivity contribution in [3.63, 3.8) is 0 Å². The summed E-state index contributed by atoms with van der Waals surface area (Å²) < 4.78 is 0. The molecule has 0 radical (unpaired) electrons. The minimum atomic E-state index is -0.0214. The molecule has 0 aliphatic rings. The van der Waals surface area contributed by atoms with Gasteiger partial charge in [0.15, 0.2) is 0 Å². The van der Waals surface area contributed by atoms with E-state index >= 15 is 0 Å². The van der Waals surface area contributed by atoms with Crippen molar-refractivity contribution in [1.82, 2.24) is 9.97 Å². The number of imidazole rings is 1. The number of aromatic nitrogens is 2. The van der Waals surface area contributed by atoms with E-state index in [9.17, 15) is 0 Å². The lowest BCUT2D eigenvalue weighted by molar-refractivity contribution is 0.276. The van der Waals surface area contributed by atoms with Crippen LogP contribution in [0.2, 0.25) is 0 Å². The third-order valence-corrected chi connectivity index (χ3v) is 2.99. The standard InChI is InChI=1S/C14H18N2O/c1-9(2)11-4-6-12(7-5-11)14-15-10(3)13(8-17)16-14/h4-7,9,17H,8H2,1-3H3,(H,15,16). The topological polar surface area (TPSA) is 48.9 Å². The summed E-state index contributed by atoms with van der Waals surface area (Å²) in [6.45, 7) is 6.25. The second-order valence-electron chi connectivity index (χ2n) is 4.59. The molecule has 1 heterocycles. The Labute approximate surface area is 102 Å². The first-order valence-corrected chi connectivity index (χ1v) is 5.88. The largest absolute Gasteiger partial charge is 0.390 e. The first kappa shape index (κ1) is 11.9. The van der Waals surface area contributed by atoms with E-state index in [-0.39, 0.29) is 6.61 Å². The summed E-state index contributed by atoms with van der Waals surface area (Å²) in [7, 11) is 0. The van der Waals surface area contributed by atoms with Crippen LogP contribution in [-0.4, -0.2) is 15.1 Å². The predicted octanol–water partition coefficient (Wildman–Crippen LogP) is 3.00. The molecule has 3 nitrogen and oxygen atoms in total. The molecule has 0 fully saturated rings. The Bertz CT molecular complexity index is 497. The maximum absolute atomic E-state index is 9.11. The molecule has 2 aromatic rings. The maximum Gasteiger partial charge on any atom is 0.137 e. The van der Waals surface area contributed by atoms with Crippen LogP contribution in [-0.2, 0) is 6.61 Å². The normalized spacial score (nSPS) is 11.1. The molecular weight excluding hydrogens is 212 g/mol. The van der Waals surface area contributed by atoms with Crippen molar-refractivity contribution in [3.05, 3.63) is 41.2 Å². The zero-order valence-corrected chi connectivity index (χ0v) is 10.5. The molecule has 0 amide bonds. The zero-order chi connectivity index (χ0) is 12.4. The molecule has 0 atom stereocenters. The summed E-state index contributed by atoms with van der Waals surface area (Å²) in [6, 6.07) is 8.37. The zero-order valence-electron chi connectivity index (χ0n) is 10.5. The number of hydrogen-bond donors (Lipinski definition) is 2. The van der Waals surface area contributed by atoms with Crippen molar-refractivity contribution in [2.45, 2.75) is 33.3 Å². The second-order valence-corrected chi connectivity index (χ2v) is 4.59. The molecular formula is C14H18N2O. The molecule has 0 aliphatic carbocycles. The Hall–Kier alpha value is -1.61. The van der Waals surface area contributed by atoms with E-state index in [4.69, 9.17) is 5.11 Å². The van der Waals surface area contributed by atoms with Crippen LogP contribution in [0.1, 0.15) is 36.7 Å². The SMILES string of the molecule is Cc1[nH]c(-c2ccc(C(C)C)cc2)nc1CO. The summed E-state index contributed by atoms with van der Waals surface area (Å²) in [5, 5.41) is 9.11. The van der Waals surface area contributed by atoms with Crippen molar-refractivity contribution in [2.75, 3.05) is 0 Å². The van der Waals surface area contributed by atoms with E-state index in [1.165, 1.54) is 5.56 Å². The van der Waals surface area contributed by atoms with E-state index < -0.39 is 0 Å². The van der Waals surface area contributed by atoms with Gasteiger partial charge in [-0.15, -0.1) is 0 Å². The highest BCUT2D eigenvalue weighted by Gasteiger charge is 2.07. The lowest BCUT2D eigenvalue weighted by Crippen LogP contribution is -1.88. The molecule has 0 spiro atoms. The van der Waals surface area contributed by atoms with Crippen LogP contribution in [0.25, 0.3) is 11.4 Å². The molecule has 90 valence electrons. The summed E-state index contributed by atoms with van der Waals surface area (Å²) in [6.07, 6.45) is 0. The molecule has 0 saturated carbocycles. The van der Waals surface area contributed by atoms with Gasteiger partial charge in [0, 0.05) is 11.3 Å². The van der Waals surface area contributed by atoms with E-state index in [0.717, 1.165) is 17.1 Å². The Morgan fingerprint density at radius 2 is 1.88 bits per heavy atom. The summed E-state index contributed by atoms with van der Waals surface area (Å²) in [4.78, 5) is 7.56. The van der Waals surface area contributed by atoms with Gasteiger partial charge in [-0.2, -0.15) is 0 Å². The molecule has 1 aromatic heterocycles. The highest BCUT2D eigenvalue weighted by atomic mass is 16.3. The summed E-state index contributed by atoms with van der Waals surface area (Å²) >= 11 is 0. The van der Waals surface area contributed by atoms with Crippen LogP contribution < -0.4 is 0 Å². The Kier molecular flexibility index (Phi) is 3.29. The Morgan fingerprint density at radius 3 is 2.35 bits per heavy atom. The predicted molar refractivity (Wildman–Crippen MR) is 68.8 cm³/mol. The lowest BCUT2D eigenvalue weighted by Gasteiger charge is -2.05. The van der Waals surface area contributed by atoms with E-state index in [2.05, 4.69) is 48.1 Å². The average molecular weight is 230 g/mol. The van der Waals surface area contributed by atoms with Gasteiger partial charge in [-0.3, -0.25) is 0 Å². The van der Waals surface area contributed by atoms with Gasteiger partial charge in [0.25, 0.3) is 0 Å². The fourth-order valence-corrected chi connectivity index (χ4v) is 1.81. The fraction of sp³-hybridized carbons (Fsp3) is 0.357. The van der Waals surface area contributed by atoms with E-state index in [1.807, 2.05) is 6.92 Å². The lowest BCUT2D eigenvalue weighted by atomic mass is 10.0. The number of nitrogens with one attached hydrogen (secondary N) is 1. The number of aliphatic hydroxyl groups excluding tert-OH is 1. The van der Waals surface area contributed by atoms with Crippen LogP contribution in [0.15, 0.2) is 24.3 Å². The van der Waals surface area contributed by atoms with Crippen LogP contribution in [0.5, 0.6) is 0 Å². The van der Waals surface area contributed by atoms with Crippen molar-refractivity contribution >= 4 is 0 Å². The minimum Gasteiger partial charge on any atom is -0.390 e. The maximum atomic E-state index is 9.11. The van der Waals surface area contributed by atoms with Crippen molar-refractivity contribution < 1.29 is 5.11 Å². The van der Waals surface area contributed by atoms with Gasteiger partial charge in [0.2, 0.25) is 0 Å². The highest BCUT2D eigenvalue weighted by Crippen LogP contribution is 2.21. The van der Waals surface area contributed by atoms with Crippen LogP contribution in [0.3, 0.4) is 0 Å². The molecule has 1 aromatic carbocycles. The fourth-order valence-electron chi connectivity index (χ4n) is 1.81. The first-order chi connectivity index (χ1) is 8.11. The van der Waals surface area contributed by atoms with Crippen LogP contribution >= 0.6 is 0 Å². The van der Waals surface area contributed by atoms with Crippen molar-refractivity contribution in [1.29, 1.82) is 0 Å². The van der Waals surface area contributed by atoms with Gasteiger partial charge < -0.3 is 10.1 Å². The average Bonchev–Trinajstić information content (AvgIpc) is 2.70. The molecule has 0 saturated heterocycles. The molecule has 3 heteroatoms. The minimum absolute atomic E-state index is 0.0214. The molecule has 0 bridgehead atoms. The molecule has 2 N–H and O–H groups in total. The highest BCUT2D eigenvalue weighted by molar-refractivity contribution is 5.56. The number of rotatable bonds is 3. The molecule has 17 heavy (non-hydrogen) atoms. The number of H-pyrrole nitrogens is 1. The Balaban J connectivity index is 2.33. The third-order valence-electron chi connectivity index (χ3n) is 2.99. The quantitative estimate of drug-likeness (QED) is 0.851. The third kappa shape index (κ3) is 2.39. The number of benzene rings is 1. The van der Waals surface area contributed by atoms with Gasteiger partial charge in [0.1, 0.15) is 5.82 Å². The number of nitrogens with zero attached hydrogens (tertiary/aromatic N) is 1. The van der Waals surface area contributed by atoms with Gasteiger partial charge in [-0.25, -0.2) is 4.98 Å². The number of aliphatic hydroxyl groups is 1. The summed E-state index contributed by atoms with van der Waals surface area (Å²) in [5.41, 5.74) is 4.01. The van der Waals surface area contributed by atoms with Gasteiger partial charge in [-0.1, -0.05) is 38.1 Å². The van der Waals surface area contributed by atoms with Gasteiger partial charge in [-0.05, 0) is 18.4 Å². The summed E-state index contributed by atoms with van der Waals surface area (Å²) in [5.74, 6) is 1.36. The van der Waals surface area contributed by atoms with Gasteiger partial charge in [0.05, 0.1) is 12.3 Å². The number of aryl methyl sites for hydroxylation is 1.